The number of carbonyl (C=O) groups is 2. The molecule has 1 aromatic carbocycles. The summed E-state index contributed by atoms with van der Waals surface area (Å²) in [6, 6.07) is 7.86. The lowest BCUT2D eigenvalue weighted by Crippen LogP contribution is -2.44. The van der Waals surface area contributed by atoms with Gasteiger partial charge in [0.2, 0.25) is 0 Å². The van der Waals surface area contributed by atoms with E-state index in [9.17, 15) is 9.59 Å². The van der Waals surface area contributed by atoms with Gasteiger partial charge < -0.3 is 0 Å². The Kier molecular flexibility index (Phi) is 3.63. The van der Waals surface area contributed by atoms with Crippen LogP contribution in [0.25, 0.3) is 0 Å². The quantitative estimate of drug-likeness (QED) is 0.735. The summed E-state index contributed by atoms with van der Waals surface area (Å²) in [6.45, 7) is 3.52. The molecule has 118 valence electrons. The number of Topliss-reactive ketones (excluding diaryl/α,β-unsaturated/α-hetero) is 1. The first-order valence-electron chi connectivity index (χ1n) is 7.52. The number of hydrogen-bond acceptors (Lipinski definition) is 4. The molecule has 0 spiro atoms. The maximum atomic E-state index is 12.4. The zero-order valence-electron chi connectivity index (χ0n) is 12.6. The smallest absolute Gasteiger partial charge is 0.291 e. The highest BCUT2D eigenvalue weighted by molar-refractivity contribution is 9.10. The summed E-state index contributed by atoms with van der Waals surface area (Å²) in [5.74, 6) is -0.844. The van der Waals surface area contributed by atoms with Gasteiger partial charge in [0, 0.05) is 21.9 Å². The van der Waals surface area contributed by atoms with Gasteiger partial charge in [-0.1, -0.05) is 15.9 Å². The van der Waals surface area contributed by atoms with Crippen molar-refractivity contribution >= 4 is 44.6 Å². The van der Waals surface area contributed by atoms with Crippen molar-refractivity contribution in [3.05, 3.63) is 50.1 Å². The van der Waals surface area contributed by atoms with Gasteiger partial charge in [-0.05, 0) is 48.6 Å². The molecule has 1 aromatic heterocycles. The molecule has 4 rings (SSSR count). The number of rotatable bonds is 2. The fourth-order valence-electron chi connectivity index (χ4n) is 3.35. The molecular formula is C17H15BrN2O2S. The van der Waals surface area contributed by atoms with E-state index < -0.39 is 11.7 Å². The number of benzene rings is 1. The first kappa shape index (κ1) is 15.1. The van der Waals surface area contributed by atoms with Crippen LogP contribution >= 0.6 is 27.3 Å². The fourth-order valence-corrected chi connectivity index (χ4v) is 4.67. The summed E-state index contributed by atoms with van der Waals surface area (Å²) >= 11 is 5.16. The summed E-state index contributed by atoms with van der Waals surface area (Å²) in [5.41, 5.74) is 2.55. The van der Waals surface area contributed by atoms with Gasteiger partial charge >= 0.3 is 5.91 Å². The minimum absolute atomic E-state index is 0.257. The minimum Gasteiger partial charge on any atom is -0.291 e. The van der Waals surface area contributed by atoms with Crippen molar-refractivity contribution in [3.8, 4) is 0 Å². The van der Waals surface area contributed by atoms with E-state index in [0.29, 0.717) is 17.9 Å². The number of halogens is 1. The molecule has 0 fully saturated rings. The number of hydrogen-bond donors (Lipinski definition) is 0. The van der Waals surface area contributed by atoms with Gasteiger partial charge in [-0.25, -0.2) is 0 Å². The molecule has 1 amide bonds. The lowest BCUT2D eigenvalue weighted by Gasteiger charge is -2.36. The van der Waals surface area contributed by atoms with Crippen LogP contribution in [0.3, 0.4) is 0 Å². The van der Waals surface area contributed by atoms with Gasteiger partial charge in [0.1, 0.15) is 0 Å². The van der Waals surface area contributed by atoms with Crippen LogP contribution in [-0.4, -0.2) is 29.8 Å². The van der Waals surface area contributed by atoms with E-state index in [1.54, 1.807) is 22.3 Å². The van der Waals surface area contributed by atoms with Crippen molar-refractivity contribution in [2.24, 2.45) is 0 Å². The molecule has 0 unspecified atom stereocenters. The lowest BCUT2D eigenvalue weighted by atomic mass is 10.0. The van der Waals surface area contributed by atoms with Crippen molar-refractivity contribution < 1.29 is 9.59 Å². The number of fused-ring (bicyclic) bond motifs is 2. The predicted molar refractivity (Wildman–Crippen MR) is 94.0 cm³/mol. The maximum absolute atomic E-state index is 12.4. The third-order valence-corrected chi connectivity index (χ3v) is 6.15. The van der Waals surface area contributed by atoms with Crippen LogP contribution < -0.4 is 4.90 Å². The van der Waals surface area contributed by atoms with Gasteiger partial charge in [-0.15, -0.1) is 11.3 Å². The van der Waals surface area contributed by atoms with E-state index in [4.69, 9.17) is 0 Å². The van der Waals surface area contributed by atoms with Crippen LogP contribution in [0.5, 0.6) is 0 Å². The molecule has 4 nitrogen and oxygen atoms in total. The molecule has 1 atom stereocenters. The highest BCUT2D eigenvalue weighted by Crippen LogP contribution is 2.36. The first-order chi connectivity index (χ1) is 11.1. The topological polar surface area (TPSA) is 40.6 Å². The van der Waals surface area contributed by atoms with Gasteiger partial charge in [0.05, 0.1) is 17.9 Å². The Morgan fingerprint density at radius 1 is 1.30 bits per heavy atom. The molecule has 0 bridgehead atoms. The number of nitrogens with zero attached hydrogens (tertiary/aromatic N) is 2. The van der Waals surface area contributed by atoms with Gasteiger partial charge in [0.25, 0.3) is 5.78 Å². The average molecular weight is 391 g/mol. The van der Waals surface area contributed by atoms with Gasteiger partial charge in [-0.3, -0.25) is 19.4 Å². The molecule has 2 aliphatic rings. The Hall–Kier alpha value is -1.50. The Morgan fingerprint density at radius 3 is 2.96 bits per heavy atom. The summed E-state index contributed by atoms with van der Waals surface area (Å²) in [6.07, 6.45) is 1.00. The average Bonchev–Trinajstić information content (AvgIpc) is 3.10. The Bertz CT molecular complexity index is 817. The fraction of sp³-hybridized carbons (Fsp3) is 0.294. The van der Waals surface area contributed by atoms with Crippen LogP contribution in [0, 0.1) is 0 Å². The van der Waals surface area contributed by atoms with Crippen molar-refractivity contribution in [2.45, 2.75) is 19.4 Å². The van der Waals surface area contributed by atoms with Crippen LogP contribution in [0.1, 0.15) is 33.8 Å². The molecule has 0 aliphatic carbocycles. The second-order valence-electron chi connectivity index (χ2n) is 5.90. The van der Waals surface area contributed by atoms with Crippen molar-refractivity contribution in [2.75, 3.05) is 18.1 Å². The minimum atomic E-state index is -0.429. The molecule has 2 aliphatic heterocycles. The van der Waals surface area contributed by atoms with Crippen LogP contribution in [0.4, 0.5) is 5.69 Å². The largest absolute Gasteiger partial charge is 0.300 e. The molecule has 23 heavy (non-hydrogen) atoms. The third kappa shape index (κ3) is 2.36. The molecule has 6 heteroatoms. The zero-order valence-corrected chi connectivity index (χ0v) is 15.0. The second-order valence-corrected chi connectivity index (χ2v) is 7.82. The third-order valence-electron chi connectivity index (χ3n) is 4.66. The monoisotopic (exact) mass is 390 g/mol. The molecule has 0 saturated carbocycles. The lowest BCUT2D eigenvalue weighted by molar-refractivity contribution is -0.114. The maximum Gasteiger partial charge on any atom is 0.300 e. The molecule has 0 radical (unpaired) electrons. The van der Waals surface area contributed by atoms with E-state index in [-0.39, 0.29) is 6.04 Å². The second kappa shape index (κ2) is 5.54. The van der Waals surface area contributed by atoms with E-state index >= 15 is 0 Å². The number of anilines is 1. The van der Waals surface area contributed by atoms with E-state index in [0.717, 1.165) is 17.4 Å². The highest BCUT2D eigenvalue weighted by Gasteiger charge is 2.38. The Morgan fingerprint density at radius 2 is 2.13 bits per heavy atom. The molecular weight excluding hydrogens is 376 g/mol. The standard InChI is InChI=1S/C17H15BrN2O2S/c1-10-12-5-7-23-15(12)4-6-19(10)9-20-14-3-2-11(18)8-13(14)16(21)17(20)22/h2-3,5,7-8,10H,4,6,9H2,1H3/t10-/m1/s1. The SMILES string of the molecule is C[C@@H]1c2ccsc2CCN1CN1C(=O)C(=O)c2cc(Br)ccc21. The Labute approximate surface area is 146 Å². The first-order valence-corrected chi connectivity index (χ1v) is 9.19. The molecule has 3 heterocycles. The number of carbonyl (C=O) groups excluding carboxylic acids is 2. The number of thiophene rings is 1. The molecule has 0 N–H and O–H groups in total. The number of amides is 1. The summed E-state index contributed by atoms with van der Waals surface area (Å²) < 4.78 is 0.813. The Balaban J connectivity index is 1.63. The van der Waals surface area contributed by atoms with E-state index in [1.807, 2.05) is 12.1 Å². The van der Waals surface area contributed by atoms with Crippen molar-refractivity contribution in [1.29, 1.82) is 0 Å². The van der Waals surface area contributed by atoms with Crippen LogP contribution in [0.2, 0.25) is 0 Å². The molecule has 2 aromatic rings. The summed E-state index contributed by atoms with van der Waals surface area (Å²) in [4.78, 5) is 29.9. The number of ketones is 1. The van der Waals surface area contributed by atoms with Gasteiger partial charge in [0.15, 0.2) is 0 Å². The van der Waals surface area contributed by atoms with Crippen LogP contribution in [0.15, 0.2) is 34.1 Å². The summed E-state index contributed by atoms with van der Waals surface area (Å²) in [5, 5.41) is 2.13. The van der Waals surface area contributed by atoms with E-state index in [2.05, 4.69) is 39.2 Å². The van der Waals surface area contributed by atoms with Crippen LogP contribution in [-0.2, 0) is 11.2 Å². The normalized spacial score (nSPS) is 20.8. The van der Waals surface area contributed by atoms with Crippen molar-refractivity contribution in [3.63, 3.8) is 0 Å². The zero-order chi connectivity index (χ0) is 16.1. The van der Waals surface area contributed by atoms with Gasteiger partial charge in [-0.2, -0.15) is 0 Å². The highest BCUT2D eigenvalue weighted by atomic mass is 79.9. The molecule has 0 saturated heterocycles. The van der Waals surface area contributed by atoms with Crippen molar-refractivity contribution in [1.82, 2.24) is 4.90 Å². The predicted octanol–water partition coefficient (Wildman–Crippen LogP) is 3.62. The summed E-state index contributed by atoms with van der Waals surface area (Å²) in [7, 11) is 0. The van der Waals surface area contributed by atoms with E-state index in [1.165, 1.54) is 10.4 Å².